The van der Waals surface area contributed by atoms with Crippen molar-refractivity contribution in [3.05, 3.63) is 29.8 Å². The second kappa shape index (κ2) is 4.06. The number of hydrogen-bond acceptors (Lipinski definition) is 3. The van der Waals surface area contributed by atoms with Crippen LogP contribution in [0.3, 0.4) is 0 Å². The molecule has 1 heterocycles. The lowest BCUT2D eigenvalue weighted by Gasteiger charge is -2.27. The van der Waals surface area contributed by atoms with Crippen LogP contribution in [0.2, 0.25) is 0 Å². The second-order valence-corrected chi connectivity index (χ2v) is 5.61. The molecule has 0 saturated heterocycles. The van der Waals surface area contributed by atoms with E-state index in [1.807, 2.05) is 12.1 Å². The van der Waals surface area contributed by atoms with E-state index in [0.717, 1.165) is 5.56 Å². The van der Waals surface area contributed by atoms with Crippen LogP contribution in [0, 0.1) is 0 Å². The van der Waals surface area contributed by atoms with Crippen molar-refractivity contribution < 1.29 is 19.8 Å². The highest BCUT2D eigenvalue weighted by Crippen LogP contribution is 2.41. The number of hydrogen-bond donors (Lipinski definition) is 2. The van der Waals surface area contributed by atoms with Crippen molar-refractivity contribution in [1.29, 1.82) is 0 Å². The van der Waals surface area contributed by atoms with E-state index in [1.165, 1.54) is 11.8 Å². The third-order valence-corrected chi connectivity index (χ3v) is 3.57. The van der Waals surface area contributed by atoms with Crippen LogP contribution in [0.15, 0.2) is 24.3 Å². The van der Waals surface area contributed by atoms with Gasteiger partial charge in [0, 0.05) is 5.69 Å². The Morgan fingerprint density at radius 2 is 1.95 bits per heavy atom. The van der Waals surface area contributed by atoms with Crippen molar-refractivity contribution >= 4 is 17.6 Å². The fourth-order valence-electron chi connectivity index (χ4n) is 2.33. The van der Waals surface area contributed by atoms with E-state index in [2.05, 4.69) is 0 Å². The minimum atomic E-state index is -1.97. The quantitative estimate of drug-likeness (QED) is 0.857. The largest absolute Gasteiger partial charge is 0.479 e. The first kappa shape index (κ1) is 13.5. The van der Waals surface area contributed by atoms with Gasteiger partial charge in [-0.2, -0.15) is 0 Å². The number of carbonyl (C=O) groups is 2. The maximum absolute atomic E-state index is 12.4. The first-order valence-electron chi connectivity index (χ1n) is 6.05. The lowest BCUT2D eigenvalue weighted by Crippen LogP contribution is -2.49. The van der Waals surface area contributed by atoms with Crippen LogP contribution >= 0.6 is 0 Å². The Labute approximate surface area is 111 Å². The number of fused-ring (bicyclic) bond motifs is 1. The molecular formula is C14H17NO4. The van der Waals surface area contributed by atoms with Gasteiger partial charge in [0.15, 0.2) is 5.60 Å². The first-order valence-corrected chi connectivity index (χ1v) is 6.05. The molecular weight excluding hydrogens is 246 g/mol. The molecule has 2 N–H and O–H groups in total. The molecule has 1 aromatic carbocycles. The zero-order chi connectivity index (χ0) is 14.4. The molecule has 0 spiro atoms. The molecule has 19 heavy (non-hydrogen) atoms. The summed E-state index contributed by atoms with van der Waals surface area (Å²) in [7, 11) is 0. The van der Waals surface area contributed by atoms with Gasteiger partial charge in [0.1, 0.15) is 0 Å². The van der Waals surface area contributed by atoms with Crippen molar-refractivity contribution in [3.63, 3.8) is 0 Å². The van der Waals surface area contributed by atoms with Crippen molar-refractivity contribution in [2.24, 2.45) is 0 Å². The van der Waals surface area contributed by atoms with Crippen LogP contribution in [0.4, 0.5) is 5.69 Å². The second-order valence-electron chi connectivity index (χ2n) is 5.61. The number of benzene rings is 1. The number of anilines is 1. The summed E-state index contributed by atoms with van der Waals surface area (Å²) in [5.74, 6) is -1.54. The molecule has 1 aliphatic heterocycles. The van der Waals surface area contributed by atoms with Gasteiger partial charge in [0.05, 0.1) is 12.0 Å². The molecule has 5 nitrogen and oxygen atoms in total. The average molecular weight is 263 g/mol. The van der Waals surface area contributed by atoms with Crippen molar-refractivity contribution in [2.75, 3.05) is 11.4 Å². The summed E-state index contributed by atoms with van der Waals surface area (Å²) in [5.41, 5.74) is -1.16. The van der Waals surface area contributed by atoms with Crippen molar-refractivity contribution in [1.82, 2.24) is 0 Å². The number of carboxylic acids is 1. The standard InChI is InChI=1S/C14H17NO4/c1-13(2)9-6-4-5-7-10(9)15(11(13)16)8-14(3,19)12(17)18/h4-7,19H,8H2,1-3H3,(H,17,18)/t14-/m0/s1. The molecule has 0 radical (unpaired) electrons. The Hall–Kier alpha value is -1.88. The highest BCUT2D eigenvalue weighted by Gasteiger charge is 2.46. The van der Waals surface area contributed by atoms with Gasteiger partial charge in [0.2, 0.25) is 5.91 Å². The molecule has 5 heteroatoms. The maximum Gasteiger partial charge on any atom is 0.337 e. The van der Waals surface area contributed by atoms with Gasteiger partial charge in [-0.15, -0.1) is 0 Å². The molecule has 2 rings (SSSR count). The Morgan fingerprint density at radius 1 is 1.37 bits per heavy atom. The summed E-state index contributed by atoms with van der Waals surface area (Å²) in [4.78, 5) is 24.8. The number of β-amino-alcohol motifs (C(OH)–C–C–N with tert-alkyl or cyclic N) is 1. The third kappa shape index (κ3) is 2.00. The molecule has 1 aromatic rings. The predicted molar refractivity (Wildman–Crippen MR) is 70.1 cm³/mol. The topological polar surface area (TPSA) is 77.8 Å². The first-order chi connectivity index (χ1) is 8.68. The Kier molecular flexibility index (Phi) is 2.90. The van der Waals surface area contributed by atoms with Gasteiger partial charge in [-0.05, 0) is 32.4 Å². The predicted octanol–water partition coefficient (Wildman–Crippen LogP) is 1.15. The number of amides is 1. The SMILES string of the molecule is CC1(C)C(=O)N(C[C@](C)(O)C(=O)O)c2ccccc21. The lowest BCUT2D eigenvalue weighted by atomic mass is 9.86. The summed E-state index contributed by atoms with van der Waals surface area (Å²) >= 11 is 0. The molecule has 0 saturated carbocycles. The molecule has 0 bridgehead atoms. The maximum atomic E-state index is 12.4. The van der Waals surface area contributed by atoms with Gasteiger partial charge >= 0.3 is 5.97 Å². The number of nitrogens with zero attached hydrogens (tertiary/aromatic N) is 1. The van der Waals surface area contributed by atoms with E-state index in [4.69, 9.17) is 5.11 Å². The molecule has 0 aliphatic carbocycles. The Morgan fingerprint density at radius 3 is 2.53 bits per heavy atom. The van der Waals surface area contributed by atoms with E-state index >= 15 is 0 Å². The fraction of sp³-hybridized carbons (Fsp3) is 0.429. The molecule has 1 atom stereocenters. The minimum absolute atomic E-state index is 0.199. The summed E-state index contributed by atoms with van der Waals surface area (Å²) in [6.45, 7) is 4.52. The molecule has 102 valence electrons. The highest BCUT2D eigenvalue weighted by atomic mass is 16.4. The van der Waals surface area contributed by atoms with Gasteiger partial charge in [0.25, 0.3) is 0 Å². The Bertz CT molecular complexity index is 548. The van der Waals surface area contributed by atoms with E-state index in [1.54, 1.807) is 26.0 Å². The fourth-order valence-corrected chi connectivity index (χ4v) is 2.33. The van der Waals surface area contributed by atoms with Crippen LogP contribution < -0.4 is 4.90 Å². The lowest BCUT2D eigenvalue weighted by molar-refractivity contribution is -0.155. The van der Waals surface area contributed by atoms with Crippen molar-refractivity contribution in [3.8, 4) is 0 Å². The smallest absolute Gasteiger partial charge is 0.337 e. The number of aliphatic carboxylic acids is 1. The molecule has 0 aromatic heterocycles. The summed E-state index contributed by atoms with van der Waals surface area (Å²) in [5, 5.41) is 18.9. The average Bonchev–Trinajstić information content (AvgIpc) is 2.51. The number of aliphatic hydroxyl groups is 1. The molecule has 0 fully saturated rings. The zero-order valence-corrected chi connectivity index (χ0v) is 11.2. The van der Waals surface area contributed by atoms with Gasteiger partial charge in [-0.3, -0.25) is 4.79 Å². The monoisotopic (exact) mass is 263 g/mol. The van der Waals surface area contributed by atoms with Crippen LogP contribution in [0.1, 0.15) is 26.3 Å². The van der Waals surface area contributed by atoms with Gasteiger partial charge in [-0.25, -0.2) is 4.79 Å². The highest BCUT2D eigenvalue weighted by molar-refractivity contribution is 6.08. The van der Waals surface area contributed by atoms with Crippen LogP contribution in [-0.4, -0.2) is 34.2 Å². The summed E-state index contributed by atoms with van der Waals surface area (Å²) in [6.07, 6.45) is 0. The van der Waals surface area contributed by atoms with Crippen LogP contribution in [0.5, 0.6) is 0 Å². The van der Waals surface area contributed by atoms with E-state index < -0.39 is 17.0 Å². The molecule has 1 aliphatic rings. The van der Waals surface area contributed by atoms with E-state index in [-0.39, 0.29) is 12.5 Å². The number of rotatable bonds is 3. The summed E-state index contributed by atoms with van der Waals surface area (Å²) in [6, 6.07) is 7.24. The Balaban J connectivity index is 2.44. The van der Waals surface area contributed by atoms with Crippen LogP contribution in [0.25, 0.3) is 0 Å². The van der Waals surface area contributed by atoms with Gasteiger partial charge < -0.3 is 15.1 Å². The third-order valence-electron chi connectivity index (χ3n) is 3.57. The number of carbonyl (C=O) groups excluding carboxylic acids is 1. The normalized spacial score (nSPS) is 20.0. The number of carboxylic acid groups (broad SMARTS) is 1. The van der Waals surface area contributed by atoms with Crippen molar-refractivity contribution in [2.45, 2.75) is 31.8 Å². The van der Waals surface area contributed by atoms with Crippen LogP contribution in [-0.2, 0) is 15.0 Å². The van der Waals surface area contributed by atoms with E-state index in [9.17, 15) is 14.7 Å². The minimum Gasteiger partial charge on any atom is -0.479 e. The summed E-state index contributed by atoms with van der Waals surface area (Å²) < 4.78 is 0. The molecule has 0 unspecified atom stereocenters. The van der Waals surface area contributed by atoms with E-state index in [0.29, 0.717) is 5.69 Å². The molecule has 1 amide bonds. The van der Waals surface area contributed by atoms with Gasteiger partial charge in [-0.1, -0.05) is 18.2 Å². The zero-order valence-electron chi connectivity index (χ0n) is 11.2. The number of para-hydroxylation sites is 1.